The summed E-state index contributed by atoms with van der Waals surface area (Å²) < 4.78 is 13.7. The normalized spacial score (nSPS) is 10.8. The number of nitrogens with zero attached hydrogens (tertiary/aromatic N) is 3. The first kappa shape index (κ1) is 19.4. The van der Waals surface area contributed by atoms with Crippen LogP contribution in [-0.4, -0.2) is 20.9 Å². The van der Waals surface area contributed by atoms with Crippen LogP contribution in [0, 0.1) is 26.6 Å². The molecule has 0 aliphatic carbocycles. The van der Waals surface area contributed by atoms with Gasteiger partial charge in [0.15, 0.2) is 0 Å². The predicted molar refractivity (Wildman–Crippen MR) is 116 cm³/mol. The maximum atomic E-state index is 13.7. The summed E-state index contributed by atoms with van der Waals surface area (Å²) in [4.78, 5) is 25.9. The number of aromatic nitrogens is 3. The minimum Gasteiger partial charge on any atom is -0.324 e. The topological polar surface area (TPSA) is 79.8 Å². The lowest BCUT2D eigenvalue weighted by molar-refractivity contribution is 0.102. The van der Waals surface area contributed by atoms with Crippen molar-refractivity contribution in [3.8, 4) is 0 Å². The number of anilines is 3. The summed E-state index contributed by atoms with van der Waals surface area (Å²) in [5.41, 5.74) is 4.82. The van der Waals surface area contributed by atoms with E-state index in [1.165, 1.54) is 12.1 Å². The van der Waals surface area contributed by atoms with Crippen LogP contribution >= 0.6 is 0 Å². The molecule has 6 nitrogen and oxygen atoms in total. The molecule has 2 heterocycles. The summed E-state index contributed by atoms with van der Waals surface area (Å²) in [7, 11) is 0. The summed E-state index contributed by atoms with van der Waals surface area (Å²) in [6, 6.07) is 15.0. The quantitative estimate of drug-likeness (QED) is 0.498. The van der Waals surface area contributed by atoms with Crippen LogP contribution < -0.4 is 10.6 Å². The minimum atomic E-state index is -0.411. The molecule has 0 unspecified atom stereocenters. The summed E-state index contributed by atoms with van der Waals surface area (Å²) in [5, 5.41) is 6.48. The van der Waals surface area contributed by atoms with E-state index in [0.29, 0.717) is 33.8 Å². The van der Waals surface area contributed by atoms with Crippen molar-refractivity contribution in [2.45, 2.75) is 20.8 Å². The van der Waals surface area contributed by atoms with Gasteiger partial charge in [0.25, 0.3) is 5.91 Å². The van der Waals surface area contributed by atoms with Gasteiger partial charge in [-0.2, -0.15) is 0 Å². The highest BCUT2D eigenvalue weighted by atomic mass is 19.1. The third-order valence-corrected chi connectivity index (χ3v) is 4.52. The number of benzene rings is 2. The van der Waals surface area contributed by atoms with Gasteiger partial charge in [-0.3, -0.25) is 9.78 Å². The third kappa shape index (κ3) is 4.25. The molecular weight excluding hydrogens is 381 g/mol. The van der Waals surface area contributed by atoms with Crippen LogP contribution in [-0.2, 0) is 0 Å². The SMILES string of the molecule is Cc1cc(C)nc(Nc2ccc(NC(=O)c3cc(C)nc4ccc(F)cc34)cc2)n1. The minimum absolute atomic E-state index is 0.325. The van der Waals surface area contributed by atoms with Crippen molar-refractivity contribution in [3.05, 3.63) is 83.1 Å². The van der Waals surface area contributed by atoms with E-state index in [4.69, 9.17) is 0 Å². The number of rotatable bonds is 4. The second kappa shape index (κ2) is 7.87. The number of carbonyl (C=O) groups is 1. The maximum absolute atomic E-state index is 13.7. The van der Waals surface area contributed by atoms with E-state index in [9.17, 15) is 9.18 Å². The van der Waals surface area contributed by atoms with Gasteiger partial charge in [0.1, 0.15) is 5.82 Å². The number of carbonyl (C=O) groups excluding carboxylic acids is 1. The van der Waals surface area contributed by atoms with Crippen molar-refractivity contribution in [2.24, 2.45) is 0 Å². The standard InChI is InChI=1S/C23H20FN5O/c1-13-10-14(2)27-23(26-13)29-18-7-5-17(6-8-18)28-22(30)20-11-15(3)25-21-9-4-16(24)12-19(20)21/h4-12H,1-3H3,(H,28,30)(H,26,27,29). The van der Waals surface area contributed by atoms with Crippen LogP contribution in [0.5, 0.6) is 0 Å². The number of fused-ring (bicyclic) bond motifs is 1. The fourth-order valence-electron chi connectivity index (χ4n) is 3.26. The van der Waals surface area contributed by atoms with E-state index in [2.05, 4.69) is 25.6 Å². The lowest BCUT2D eigenvalue weighted by Gasteiger charge is -2.11. The van der Waals surface area contributed by atoms with Gasteiger partial charge in [-0.05, 0) is 75.4 Å². The molecule has 2 aromatic heterocycles. The van der Waals surface area contributed by atoms with Crippen LogP contribution in [0.1, 0.15) is 27.4 Å². The number of amides is 1. The molecule has 30 heavy (non-hydrogen) atoms. The second-order valence-electron chi connectivity index (χ2n) is 7.10. The lowest BCUT2D eigenvalue weighted by atomic mass is 10.1. The molecule has 0 saturated heterocycles. The van der Waals surface area contributed by atoms with Crippen molar-refractivity contribution >= 4 is 34.1 Å². The Balaban J connectivity index is 1.54. The van der Waals surface area contributed by atoms with E-state index in [-0.39, 0.29) is 5.91 Å². The van der Waals surface area contributed by atoms with Crippen LogP contribution in [0.25, 0.3) is 10.9 Å². The van der Waals surface area contributed by atoms with Crippen LogP contribution in [0.15, 0.2) is 54.6 Å². The van der Waals surface area contributed by atoms with Crippen LogP contribution in [0.3, 0.4) is 0 Å². The Bertz CT molecular complexity index is 1230. The maximum Gasteiger partial charge on any atom is 0.256 e. The van der Waals surface area contributed by atoms with E-state index in [1.54, 1.807) is 31.2 Å². The van der Waals surface area contributed by atoms with Gasteiger partial charge in [-0.25, -0.2) is 14.4 Å². The molecule has 1 amide bonds. The number of hydrogen-bond donors (Lipinski definition) is 2. The monoisotopic (exact) mass is 401 g/mol. The summed E-state index contributed by atoms with van der Waals surface area (Å²) in [5.74, 6) is -0.217. The van der Waals surface area contributed by atoms with Crippen molar-refractivity contribution in [1.82, 2.24) is 15.0 Å². The molecule has 0 saturated carbocycles. The molecular formula is C23H20FN5O. The predicted octanol–water partition coefficient (Wildman–Crippen LogP) is 5.09. The average Bonchev–Trinajstić information content (AvgIpc) is 2.68. The van der Waals surface area contributed by atoms with Gasteiger partial charge in [0.2, 0.25) is 5.95 Å². The van der Waals surface area contributed by atoms with E-state index >= 15 is 0 Å². The van der Waals surface area contributed by atoms with Crippen molar-refractivity contribution in [3.63, 3.8) is 0 Å². The van der Waals surface area contributed by atoms with Crippen molar-refractivity contribution in [2.75, 3.05) is 10.6 Å². The molecule has 0 aliphatic heterocycles. The first-order valence-corrected chi connectivity index (χ1v) is 9.45. The summed E-state index contributed by atoms with van der Waals surface area (Å²) >= 11 is 0. The highest BCUT2D eigenvalue weighted by Gasteiger charge is 2.13. The molecule has 7 heteroatoms. The number of aryl methyl sites for hydroxylation is 3. The summed E-state index contributed by atoms with van der Waals surface area (Å²) in [6.45, 7) is 5.62. The highest BCUT2D eigenvalue weighted by Crippen LogP contribution is 2.22. The van der Waals surface area contributed by atoms with Gasteiger partial charge in [0, 0.05) is 33.8 Å². The fourth-order valence-corrected chi connectivity index (χ4v) is 3.26. The zero-order chi connectivity index (χ0) is 21.3. The van der Waals surface area contributed by atoms with Crippen molar-refractivity contribution in [1.29, 1.82) is 0 Å². The van der Waals surface area contributed by atoms with Gasteiger partial charge in [0.05, 0.1) is 11.1 Å². The lowest BCUT2D eigenvalue weighted by Crippen LogP contribution is -2.13. The molecule has 0 atom stereocenters. The highest BCUT2D eigenvalue weighted by molar-refractivity contribution is 6.12. The largest absolute Gasteiger partial charge is 0.324 e. The fraction of sp³-hybridized carbons (Fsp3) is 0.130. The zero-order valence-electron chi connectivity index (χ0n) is 16.8. The number of pyridine rings is 1. The smallest absolute Gasteiger partial charge is 0.256 e. The van der Waals surface area contributed by atoms with E-state index < -0.39 is 5.82 Å². The average molecular weight is 401 g/mol. The zero-order valence-corrected chi connectivity index (χ0v) is 16.8. The van der Waals surface area contributed by atoms with E-state index in [1.807, 2.05) is 32.0 Å². The molecule has 150 valence electrons. The molecule has 2 N–H and O–H groups in total. The Labute approximate surface area is 173 Å². The first-order chi connectivity index (χ1) is 14.4. The first-order valence-electron chi connectivity index (χ1n) is 9.45. The molecule has 0 spiro atoms. The molecule has 0 bridgehead atoms. The second-order valence-corrected chi connectivity index (χ2v) is 7.10. The van der Waals surface area contributed by atoms with Gasteiger partial charge < -0.3 is 10.6 Å². The Morgan fingerprint density at radius 3 is 2.13 bits per heavy atom. The Morgan fingerprint density at radius 1 is 0.800 bits per heavy atom. The molecule has 2 aromatic carbocycles. The third-order valence-electron chi connectivity index (χ3n) is 4.52. The molecule has 0 radical (unpaired) electrons. The molecule has 4 aromatic rings. The molecule has 0 fully saturated rings. The van der Waals surface area contributed by atoms with Crippen LogP contribution in [0.2, 0.25) is 0 Å². The number of halogens is 1. The Hall–Kier alpha value is -3.87. The molecule has 4 rings (SSSR count). The van der Waals surface area contributed by atoms with Gasteiger partial charge >= 0.3 is 0 Å². The van der Waals surface area contributed by atoms with E-state index in [0.717, 1.165) is 17.1 Å². The van der Waals surface area contributed by atoms with Crippen molar-refractivity contribution < 1.29 is 9.18 Å². The van der Waals surface area contributed by atoms with Gasteiger partial charge in [-0.1, -0.05) is 0 Å². The number of hydrogen-bond acceptors (Lipinski definition) is 5. The van der Waals surface area contributed by atoms with Crippen LogP contribution in [0.4, 0.5) is 21.7 Å². The molecule has 0 aliphatic rings. The Kier molecular flexibility index (Phi) is 5.10. The summed E-state index contributed by atoms with van der Waals surface area (Å²) in [6.07, 6.45) is 0. The Morgan fingerprint density at radius 2 is 1.43 bits per heavy atom. The van der Waals surface area contributed by atoms with Gasteiger partial charge in [-0.15, -0.1) is 0 Å². The number of nitrogens with one attached hydrogen (secondary N) is 2.